The molecule has 0 aromatic heterocycles. The molecule has 2 aliphatic carbocycles. The summed E-state index contributed by atoms with van der Waals surface area (Å²) in [6.07, 6.45) is 12.1. The van der Waals surface area contributed by atoms with E-state index in [4.69, 9.17) is 0 Å². The van der Waals surface area contributed by atoms with Gasteiger partial charge < -0.3 is 5.11 Å². The van der Waals surface area contributed by atoms with Gasteiger partial charge in [-0.3, -0.25) is 0 Å². The fraction of sp³-hybridized carbons (Fsp3) is 1.00. The summed E-state index contributed by atoms with van der Waals surface area (Å²) in [5, 5.41) is 10.1. The topological polar surface area (TPSA) is 20.2 Å². The van der Waals surface area contributed by atoms with Gasteiger partial charge in [-0.2, -0.15) is 0 Å². The van der Waals surface area contributed by atoms with Crippen LogP contribution < -0.4 is 0 Å². The van der Waals surface area contributed by atoms with Crippen molar-refractivity contribution in [1.29, 1.82) is 0 Å². The quantitative estimate of drug-likeness (QED) is 0.651. The molecular formula is C12H22O. The van der Waals surface area contributed by atoms with E-state index < -0.39 is 0 Å². The van der Waals surface area contributed by atoms with Crippen molar-refractivity contribution in [2.75, 3.05) is 0 Å². The Hall–Kier alpha value is -0.0400. The average Bonchev–Trinajstić information content (AvgIpc) is 2.27. The van der Waals surface area contributed by atoms with Crippen LogP contribution in [0.25, 0.3) is 0 Å². The first-order valence-electron chi connectivity index (χ1n) is 6.06. The molecule has 2 rings (SSSR count). The van der Waals surface area contributed by atoms with Crippen molar-refractivity contribution in [3.05, 3.63) is 0 Å². The minimum Gasteiger partial charge on any atom is -0.393 e. The monoisotopic (exact) mass is 182 g/mol. The van der Waals surface area contributed by atoms with E-state index in [1.807, 2.05) is 0 Å². The molecule has 0 amide bonds. The second kappa shape index (κ2) is 4.45. The van der Waals surface area contributed by atoms with Gasteiger partial charge in [0.25, 0.3) is 0 Å². The lowest BCUT2D eigenvalue weighted by molar-refractivity contribution is 0.00943. The summed E-state index contributed by atoms with van der Waals surface area (Å²) in [7, 11) is 0. The Labute approximate surface area is 81.5 Å². The molecule has 0 radical (unpaired) electrons. The fourth-order valence-corrected chi connectivity index (χ4v) is 2.82. The van der Waals surface area contributed by atoms with Crippen molar-refractivity contribution in [3.8, 4) is 0 Å². The molecular weight excluding hydrogens is 160 g/mol. The smallest absolute Gasteiger partial charge is 0.0596 e. The maximum Gasteiger partial charge on any atom is 0.0596 e. The third-order valence-corrected chi connectivity index (χ3v) is 4.02. The van der Waals surface area contributed by atoms with Crippen molar-refractivity contribution in [3.63, 3.8) is 0 Å². The Morgan fingerprint density at radius 3 is 1.54 bits per heavy atom. The van der Waals surface area contributed by atoms with Crippen LogP contribution in [0.5, 0.6) is 0 Å². The molecule has 76 valence electrons. The normalized spacial score (nSPS) is 29.3. The van der Waals surface area contributed by atoms with E-state index in [0.29, 0.717) is 11.8 Å². The predicted molar refractivity (Wildman–Crippen MR) is 54.5 cm³/mol. The first kappa shape index (κ1) is 9.51. The molecule has 1 atom stereocenters. The molecule has 0 aliphatic heterocycles. The van der Waals surface area contributed by atoms with Gasteiger partial charge in [0.15, 0.2) is 0 Å². The lowest BCUT2D eigenvalue weighted by Crippen LogP contribution is -2.33. The second-order valence-electron chi connectivity index (χ2n) is 4.93. The molecule has 0 spiro atoms. The number of aliphatic hydroxyl groups is 1. The SMILES string of the molecule is OC(C1CCCCCC1)C1CCC1. The number of hydrogen-bond donors (Lipinski definition) is 1. The zero-order chi connectivity index (χ0) is 9.10. The summed E-state index contributed by atoms with van der Waals surface area (Å²) >= 11 is 0. The number of aliphatic hydroxyl groups excluding tert-OH is 1. The molecule has 0 heterocycles. The highest BCUT2D eigenvalue weighted by molar-refractivity contribution is 4.82. The summed E-state index contributed by atoms with van der Waals surface area (Å²) in [5.74, 6) is 1.32. The van der Waals surface area contributed by atoms with Gasteiger partial charge in [-0.15, -0.1) is 0 Å². The molecule has 1 N–H and O–H groups in total. The minimum absolute atomic E-state index is 0.0480. The van der Waals surface area contributed by atoms with Gasteiger partial charge in [0.2, 0.25) is 0 Å². The summed E-state index contributed by atoms with van der Waals surface area (Å²) in [6.45, 7) is 0. The standard InChI is InChI=1S/C12H22O/c13-12(11-8-5-9-11)10-6-3-1-2-4-7-10/h10-13H,1-9H2. The summed E-state index contributed by atoms with van der Waals surface area (Å²) in [4.78, 5) is 0. The molecule has 13 heavy (non-hydrogen) atoms. The molecule has 0 aromatic carbocycles. The van der Waals surface area contributed by atoms with Gasteiger partial charge in [0.05, 0.1) is 6.10 Å². The first-order valence-corrected chi connectivity index (χ1v) is 6.06. The Balaban J connectivity index is 1.82. The van der Waals surface area contributed by atoms with Crippen molar-refractivity contribution < 1.29 is 5.11 Å². The van der Waals surface area contributed by atoms with E-state index in [1.165, 1.54) is 57.8 Å². The average molecular weight is 182 g/mol. The largest absolute Gasteiger partial charge is 0.393 e. The second-order valence-corrected chi connectivity index (χ2v) is 4.93. The van der Waals surface area contributed by atoms with E-state index in [2.05, 4.69) is 0 Å². The van der Waals surface area contributed by atoms with Crippen molar-refractivity contribution >= 4 is 0 Å². The molecule has 1 unspecified atom stereocenters. The van der Waals surface area contributed by atoms with Crippen LogP contribution in [0.4, 0.5) is 0 Å². The Kier molecular flexibility index (Phi) is 3.26. The van der Waals surface area contributed by atoms with Crippen LogP contribution in [0.1, 0.15) is 57.8 Å². The molecule has 2 saturated carbocycles. The van der Waals surface area contributed by atoms with Gasteiger partial charge >= 0.3 is 0 Å². The van der Waals surface area contributed by atoms with E-state index in [-0.39, 0.29) is 6.10 Å². The molecule has 0 saturated heterocycles. The van der Waals surface area contributed by atoms with E-state index in [0.717, 1.165) is 0 Å². The van der Waals surface area contributed by atoms with Crippen LogP contribution in [0.2, 0.25) is 0 Å². The Morgan fingerprint density at radius 1 is 0.692 bits per heavy atom. The summed E-state index contributed by atoms with van der Waals surface area (Å²) in [6, 6.07) is 0. The Bertz CT molecular complexity index is 143. The van der Waals surface area contributed by atoms with Crippen LogP contribution >= 0.6 is 0 Å². The maximum atomic E-state index is 10.1. The van der Waals surface area contributed by atoms with Crippen molar-refractivity contribution in [1.82, 2.24) is 0 Å². The van der Waals surface area contributed by atoms with Gasteiger partial charge in [-0.05, 0) is 37.5 Å². The highest BCUT2D eigenvalue weighted by Gasteiger charge is 2.31. The number of rotatable bonds is 2. The molecule has 1 nitrogen and oxygen atoms in total. The minimum atomic E-state index is 0.0480. The molecule has 2 aliphatic rings. The summed E-state index contributed by atoms with van der Waals surface area (Å²) < 4.78 is 0. The highest BCUT2D eigenvalue weighted by Crippen LogP contribution is 2.37. The fourth-order valence-electron chi connectivity index (χ4n) is 2.82. The number of hydrogen-bond acceptors (Lipinski definition) is 1. The zero-order valence-electron chi connectivity index (χ0n) is 8.54. The van der Waals surface area contributed by atoms with Crippen LogP contribution in [0.3, 0.4) is 0 Å². The molecule has 0 bridgehead atoms. The predicted octanol–water partition coefficient (Wildman–Crippen LogP) is 3.12. The van der Waals surface area contributed by atoms with Crippen molar-refractivity contribution in [2.45, 2.75) is 63.9 Å². The lowest BCUT2D eigenvalue weighted by atomic mass is 9.75. The van der Waals surface area contributed by atoms with Crippen LogP contribution in [0, 0.1) is 11.8 Å². The summed E-state index contributed by atoms with van der Waals surface area (Å²) in [5.41, 5.74) is 0. The van der Waals surface area contributed by atoms with Crippen LogP contribution in [0.15, 0.2) is 0 Å². The zero-order valence-corrected chi connectivity index (χ0v) is 8.54. The van der Waals surface area contributed by atoms with Gasteiger partial charge in [0, 0.05) is 0 Å². The van der Waals surface area contributed by atoms with Crippen LogP contribution in [-0.2, 0) is 0 Å². The van der Waals surface area contributed by atoms with Gasteiger partial charge in [-0.1, -0.05) is 32.1 Å². The van der Waals surface area contributed by atoms with Gasteiger partial charge in [0.1, 0.15) is 0 Å². The van der Waals surface area contributed by atoms with Crippen molar-refractivity contribution in [2.24, 2.45) is 11.8 Å². The molecule has 1 heteroatoms. The molecule has 2 fully saturated rings. The van der Waals surface area contributed by atoms with E-state index in [1.54, 1.807) is 0 Å². The Morgan fingerprint density at radius 2 is 1.15 bits per heavy atom. The molecule has 0 aromatic rings. The third kappa shape index (κ3) is 2.25. The third-order valence-electron chi connectivity index (χ3n) is 4.02. The van der Waals surface area contributed by atoms with E-state index >= 15 is 0 Å². The highest BCUT2D eigenvalue weighted by atomic mass is 16.3. The van der Waals surface area contributed by atoms with Gasteiger partial charge in [-0.25, -0.2) is 0 Å². The lowest BCUT2D eigenvalue weighted by Gasteiger charge is -2.35. The first-order chi connectivity index (χ1) is 6.38. The van der Waals surface area contributed by atoms with Crippen LogP contribution in [-0.4, -0.2) is 11.2 Å². The maximum absolute atomic E-state index is 10.1. The van der Waals surface area contributed by atoms with E-state index in [9.17, 15) is 5.11 Å².